The van der Waals surface area contributed by atoms with Gasteiger partial charge < -0.3 is 20.6 Å². The number of hydrazone groups is 1. The first-order valence-electron chi connectivity index (χ1n) is 9.43. The molecule has 0 spiro atoms. The van der Waals surface area contributed by atoms with E-state index in [0.717, 1.165) is 17.3 Å². The van der Waals surface area contributed by atoms with Crippen molar-refractivity contribution in [1.29, 1.82) is 0 Å². The SMILES string of the molecule is COc1ccc(/C(C)=N/Nc2nnc(SCC(=O)Nc3cc(Cl)ccc3Cl)n2N)cc1OC. The maximum absolute atomic E-state index is 12.2. The molecule has 174 valence electrons. The Morgan fingerprint density at radius 3 is 2.64 bits per heavy atom. The zero-order valence-electron chi connectivity index (χ0n) is 17.9. The van der Waals surface area contributed by atoms with Crippen molar-refractivity contribution in [1.82, 2.24) is 14.9 Å². The number of amides is 1. The second-order valence-corrected chi connectivity index (χ2v) is 8.30. The first kappa shape index (κ1) is 24.5. The number of ether oxygens (including phenoxy) is 2. The van der Waals surface area contributed by atoms with Crippen LogP contribution in [0.15, 0.2) is 46.7 Å². The number of halogens is 2. The molecule has 10 nitrogen and oxygen atoms in total. The van der Waals surface area contributed by atoms with Crippen molar-refractivity contribution < 1.29 is 14.3 Å². The van der Waals surface area contributed by atoms with Crippen LogP contribution >= 0.6 is 35.0 Å². The Bertz CT molecular complexity index is 1190. The average molecular weight is 510 g/mol. The molecule has 3 rings (SSSR count). The summed E-state index contributed by atoms with van der Waals surface area (Å²) in [4.78, 5) is 12.2. The maximum atomic E-state index is 12.2. The molecular weight excluding hydrogens is 489 g/mol. The minimum Gasteiger partial charge on any atom is -0.493 e. The van der Waals surface area contributed by atoms with E-state index in [1.54, 1.807) is 44.6 Å². The van der Waals surface area contributed by atoms with E-state index < -0.39 is 0 Å². The number of benzene rings is 2. The number of nitrogen functional groups attached to an aromatic ring is 1. The van der Waals surface area contributed by atoms with Crippen LogP contribution in [0.5, 0.6) is 11.5 Å². The molecule has 0 radical (unpaired) electrons. The lowest BCUT2D eigenvalue weighted by atomic mass is 10.1. The molecule has 1 amide bonds. The number of hydrogen-bond acceptors (Lipinski definition) is 9. The van der Waals surface area contributed by atoms with Gasteiger partial charge in [0.15, 0.2) is 11.5 Å². The summed E-state index contributed by atoms with van der Waals surface area (Å²) in [6.45, 7) is 1.81. The minimum atomic E-state index is -0.302. The van der Waals surface area contributed by atoms with Crippen LogP contribution in [0.1, 0.15) is 12.5 Å². The predicted octanol–water partition coefficient (Wildman–Crippen LogP) is 3.88. The molecule has 1 aromatic heterocycles. The molecule has 4 N–H and O–H groups in total. The van der Waals surface area contributed by atoms with Crippen LogP contribution in [-0.4, -0.2) is 46.5 Å². The Morgan fingerprint density at radius 2 is 1.91 bits per heavy atom. The molecule has 0 atom stereocenters. The molecule has 0 aliphatic rings. The van der Waals surface area contributed by atoms with Gasteiger partial charge in [0.1, 0.15) is 0 Å². The number of anilines is 2. The molecule has 0 bridgehead atoms. The highest BCUT2D eigenvalue weighted by atomic mass is 35.5. The third-order valence-electron chi connectivity index (χ3n) is 4.32. The number of nitrogens with zero attached hydrogens (tertiary/aromatic N) is 4. The van der Waals surface area contributed by atoms with E-state index in [9.17, 15) is 4.79 Å². The van der Waals surface area contributed by atoms with Crippen LogP contribution in [0.4, 0.5) is 11.6 Å². The first-order chi connectivity index (χ1) is 15.8. The van der Waals surface area contributed by atoms with Crippen LogP contribution in [0.3, 0.4) is 0 Å². The van der Waals surface area contributed by atoms with Gasteiger partial charge in [0, 0.05) is 10.6 Å². The highest BCUT2D eigenvalue weighted by Crippen LogP contribution is 2.28. The van der Waals surface area contributed by atoms with Crippen molar-refractivity contribution in [3.05, 3.63) is 52.0 Å². The fourth-order valence-corrected chi connectivity index (χ4v) is 3.61. The largest absolute Gasteiger partial charge is 0.493 e. The van der Waals surface area contributed by atoms with Gasteiger partial charge in [-0.15, -0.1) is 10.2 Å². The number of carbonyl (C=O) groups is 1. The number of nitrogens with two attached hydrogens (primary N) is 1. The van der Waals surface area contributed by atoms with Crippen LogP contribution in [0, 0.1) is 0 Å². The van der Waals surface area contributed by atoms with Gasteiger partial charge in [-0.05, 0) is 43.3 Å². The van der Waals surface area contributed by atoms with Gasteiger partial charge in [-0.2, -0.15) is 5.10 Å². The number of thioether (sulfide) groups is 1. The Hall–Kier alpha value is -3.15. The number of nitrogens with one attached hydrogen (secondary N) is 2. The van der Waals surface area contributed by atoms with E-state index >= 15 is 0 Å². The van der Waals surface area contributed by atoms with Crippen molar-refractivity contribution in [2.45, 2.75) is 12.1 Å². The highest BCUT2D eigenvalue weighted by molar-refractivity contribution is 7.99. The third kappa shape index (κ3) is 6.21. The van der Waals surface area contributed by atoms with E-state index in [-0.39, 0.29) is 17.6 Å². The summed E-state index contributed by atoms with van der Waals surface area (Å²) >= 11 is 13.1. The van der Waals surface area contributed by atoms with Crippen molar-refractivity contribution in [3.8, 4) is 11.5 Å². The summed E-state index contributed by atoms with van der Waals surface area (Å²) in [7, 11) is 3.13. The molecule has 0 aliphatic carbocycles. The summed E-state index contributed by atoms with van der Waals surface area (Å²) in [6.07, 6.45) is 0. The topological polar surface area (TPSA) is 129 Å². The second kappa shape index (κ2) is 11.1. The number of aromatic nitrogens is 3. The van der Waals surface area contributed by atoms with Crippen molar-refractivity contribution in [3.63, 3.8) is 0 Å². The fourth-order valence-electron chi connectivity index (χ4n) is 2.62. The van der Waals surface area contributed by atoms with Crippen LogP contribution in [-0.2, 0) is 4.79 Å². The summed E-state index contributed by atoms with van der Waals surface area (Å²) in [5, 5.41) is 16.1. The zero-order valence-corrected chi connectivity index (χ0v) is 20.3. The number of hydrogen-bond donors (Lipinski definition) is 3. The van der Waals surface area contributed by atoms with E-state index in [2.05, 4.69) is 26.0 Å². The molecule has 0 fully saturated rings. The predicted molar refractivity (Wildman–Crippen MR) is 131 cm³/mol. The highest BCUT2D eigenvalue weighted by Gasteiger charge is 2.14. The third-order valence-corrected chi connectivity index (χ3v) is 5.83. The zero-order chi connectivity index (χ0) is 24.0. The molecule has 3 aromatic rings. The number of carbonyl (C=O) groups excluding carboxylic acids is 1. The summed E-state index contributed by atoms with van der Waals surface area (Å²) < 4.78 is 11.8. The van der Waals surface area contributed by atoms with Gasteiger partial charge >= 0.3 is 0 Å². The van der Waals surface area contributed by atoms with E-state index in [1.165, 1.54) is 4.68 Å². The van der Waals surface area contributed by atoms with Gasteiger partial charge in [-0.25, -0.2) is 10.1 Å². The average Bonchev–Trinajstić information content (AvgIpc) is 3.17. The Kier molecular flexibility index (Phi) is 8.26. The van der Waals surface area contributed by atoms with Crippen molar-refractivity contribution >= 4 is 58.2 Å². The second-order valence-electron chi connectivity index (χ2n) is 6.52. The Balaban J connectivity index is 1.61. The van der Waals surface area contributed by atoms with Crippen LogP contribution < -0.4 is 26.1 Å². The maximum Gasteiger partial charge on any atom is 0.264 e. The lowest BCUT2D eigenvalue weighted by Gasteiger charge is -2.09. The van der Waals surface area contributed by atoms with Gasteiger partial charge in [0.2, 0.25) is 11.1 Å². The van der Waals surface area contributed by atoms with Crippen LogP contribution in [0.25, 0.3) is 0 Å². The number of rotatable bonds is 9. The lowest BCUT2D eigenvalue weighted by Crippen LogP contribution is -2.17. The Morgan fingerprint density at radius 1 is 1.15 bits per heavy atom. The monoisotopic (exact) mass is 509 g/mol. The smallest absolute Gasteiger partial charge is 0.264 e. The van der Waals surface area contributed by atoms with Gasteiger partial charge in [-0.3, -0.25) is 4.79 Å². The summed E-state index contributed by atoms with van der Waals surface area (Å²) in [5.41, 5.74) is 4.67. The normalized spacial score (nSPS) is 11.2. The first-order valence-corrected chi connectivity index (χ1v) is 11.2. The molecule has 1 heterocycles. The molecule has 13 heteroatoms. The quantitative estimate of drug-likeness (QED) is 0.171. The molecule has 33 heavy (non-hydrogen) atoms. The Labute approximate surface area is 204 Å². The molecule has 0 saturated heterocycles. The molecular formula is C20H21Cl2N7O3S. The van der Waals surface area contributed by atoms with E-state index in [0.29, 0.717) is 38.1 Å². The minimum absolute atomic E-state index is 0.0338. The van der Waals surface area contributed by atoms with Gasteiger partial charge in [-0.1, -0.05) is 35.0 Å². The summed E-state index contributed by atoms with van der Waals surface area (Å²) in [6, 6.07) is 10.2. The fraction of sp³-hybridized carbons (Fsp3) is 0.200. The van der Waals surface area contributed by atoms with Crippen molar-refractivity contribution in [2.24, 2.45) is 5.10 Å². The van der Waals surface area contributed by atoms with E-state index in [1.807, 2.05) is 13.0 Å². The molecule has 0 saturated carbocycles. The van der Waals surface area contributed by atoms with Gasteiger partial charge in [0.05, 0.1) is 36.4 Å². The van der Waals surface area contributed by atoms with E-state index in [4.69, 9.17) is 38.5 Å². The molecule has 0 aliphatic heterocycles. The molecule has 0 unspecified atom stereocenters. The van der Waals surface area contributed by atoms with Crippen molar-refractivity contribution in [2.75, 3.05) is 36.6 Å². The lowest BCUT2D eigenvalue weighted by molar-refractivity contribution is -0.113. The molecule has 2 aromatic carbocycles. The standard InChI is InChI=1S/C20H21Cl2N7O3S/c1-11(12-4-7-16(31-2)17(8-12)32-3)25-26-19-27-28-20(29(19)23)33-10-18(30)24-15-9-13(21)5-6-14(15)22/h4-9H,10,23H2,1-3H3,(H,24,30)(H,26,27)/b25-11+. The van der Waals surface area contributed by atoms with Gasteiger partial charge in [0.25, 0.3) is 5.95 Å². The number of methoxy groups -OCH3 is 2. The summed E-state index contributed by atoms with van der Waals surface area (Å²) in [5.74, 6) is 7.17. The van der Waals surface area contributed by atoms with Crippen LogP contribution in [0.2, 0.25) is 10.0 Å².